The number of amidine groups is 1. The maximum absolute atomic E-state index is 11.6. The second-order valence-electron chi connectivity index (χ2n) is 7.79. The summed E-state index contributed by atoms with van der Waals surface area (Å²) in [5, 5.41) is 1.86. The van der Waals surface area contributed by atoms with E-state index < -0.39 is 5.91 Å². The van der Waals surface area contributed by atoms with Crippen LogP contribution < -0.4 is 16.2 Å². The van der Waals surface area contributed by atoms with E-state index in [0.717, 1.165) is 23.4 Å². The SMILES string of the molecule is NC(=O)C1=NC(c2ccccc2)N(c2ccc(COCC3CCCCC3)cc2)N1. The van der Waals surface area contributed by atoms with Crippen molar-refractivity contribution in [2.24, 2.45) is 16.6 Å². The molecule has 1 saturated carbocycles. The molecule has 1 aliphatic heterocycles. The van der Waals surface area contributed by atoms with Gasteiger partial charge in [-0.05, 0) is 42.0 Å². The molecule has 2 aromatic rings. The number of ether oxygens (including phenoxy) is 1. The van der Waals surface area contributed by atoms with Crippen LogP contribution in [0.15, 0.2) is 59.6 Å². The fourth-order valence-electron chi connectivity index (χ4n) is 4.01. The van der Waals surface area contributed by atoms with Crippen molar-refractivity contribution in [2.45, 2.75) is 44.9 Å². The molecule has 1 atom stereocenters. The number of nitrogens with zero attached hydrogens (tertiary/aromatic N) is 2. The second-order valence-corrected chi connectivity index (χ2v) is 7.79. The molecule has 2 aliphatic rings. The lowest BCUT2D eigenvalue weighted by Crippen LogP contribution is -2.42. The highest BCUT2D eigenvalue weighted by molar-refractivity contribution is 6.38. The van der Waals surface area contributed by atoms with Gasteiger partial charge in [-0.15, -0.1) is 0 Å². The largest absolute Gasteiger partial charge is 0.376 e. The Morgan fingerprint density at radius 3 is 2.48 bits per heavy atom. The summed E-state index contributed by atoms with van der Waals surface area (Å²) in [6.45, 7) is 1.47. The zero-order chi connectivity index (χ0) is 20.1. The molecule has 0 bridgehead atoms. The van der Waals surface area contributed by atoms with Crippen molar-refractivity contribution in [1.82, 2.24) is 5.43 Å². The Hall–Kier alpha value is -2.86. The number of benzene rings is 2. The minimum atomic E-state index is -0.568. The Balaban J connectivity index is 1.41. The predicted molar refractivity (Wildman–Crippen MR) is 114 cm³/mol. The smallest absolute Gasteiger partial charge is 0.285 e. The lowest BCUT2D eigenvalue weighted by molar-refractivity contribution is -0.112. The van der Waals surface area contributed by atoms with E-state index in [-0.39, 0.29) is 12.0 Å². The first-order valence-corrected chi connectivity index (χ1v) is 10.4. The van der Waals surface area contributed by atoms with Crippen molar-refractivity contribution in [3.05, 3.63) is 65.7 Å². The van der Waals surface area contributed by atoms with Crippen LogP contribution >= 0.6 is 0 Å². The van der Waals surface area contributed by atoms with Crippen LogP contribution in [0.2, 0.25) is 0 Å². The highest BCUT2D eigenvalue weighted by Gasteiger charge is 2.30. The highest BCUT2D eigenvalue weighted by Crippen LogP contribution is 2.30. The van der Waals surface area contributed by atoms with Crippen molar-refractivity contribution in [1.29, 1.82) is 0 Å². The maximum atomic E-state index is 11.6. The summed E-state index contributed by atoms with van der Waals surface area (Å²) in [4.78, 5) is 16.1. The lowest BCUT2D eigenvalue weighted by Gasteiger charge is -2.25. The van der Waals surface area contributed by atoms with E-state index in [1.807, 2.05) is 47.5 Å². The average molecular weight is 393 g/mol. The molecule has 152 valence electrons. The monoisotopic (exact) mass is 392 g/mol. The van der Waals surface area contributed by atoms with Gasteiger partial charge in [-0.2, -0.15) is 0 Å². The Labute approximate surface area is 171 Å². The molecule has 0 aromatic heterocycles. The zero-order valence-electron chi connectivity index (χ0n) is 16.6. The van der Waals surface area contributed by atoms with Crippen LogP contribution in [0, 0.1) is 5.92 Å². The van der Waals surface area contributed by atoms with Crippen molar-refractivity contribution in [3.63, 3.8) is 0 Å². The molecule has 0 radical (unpaired) electrons. The topological polar surface area (TPSA) is 80.0 Å². The summed E-state index contributed by atoms with van der Waals surface area (Å²) in [5.41, 5.74) is 11.5. The van der Waals surface area contributed by atoms with Gasteiger partial charge in [0.2, 0.25) is 5.84 Å². The van der Waals surface area contributed by atoms with Crippen LogP contribution in [0.1, 0.15) is 49.4 Å². The summed E-state index contributed by atoms with van der Waals surface area (Å²) in [6.07, 6.45) is 6.29. The Morgan fingerprint density at radius 1 is 1.07 bits per heavy atom. The normalized spacial score (nSPS) is 19.7. The van der Waals surface area contributed by atoms with E-state index in [9.17, 15) is 4.79 Å². The highest BCUT2D eigenvalue weighted by atomic mass is 16.5. The first kappa shape index (κ1) is 19.5. The predicted octanol–water partition coefficient (Wildman–Crippen LogP) is 3.69. The third kappa shape index (κ3) is 4.77. The number of rotatable bonds is 7. The second kappa shape index (κ2) is 9.09. The first-order valence-electron chi connectivity index (χ1n) is 10.4. The van der Waals surface area contributed by atoms with E-state index in [4.69, 9.17) is 10.5 Å². The molecular weight excluding hydrogens is 364 g/mol. The fourth-order valence-corrected chi connectivity index (χ4v) is 4.01. The third-order valence-corrected chi connectivity index (χ3v) is 5.61. The minimum absolute atomic E-state index is 0.166. The van der Waals surface area contributed by atoms with Gasteiger partial charge in [0.05, 0.1) is 12.3 Å². The van der Waals surface area contributed by atoms with Crippen LogP contribution in [0.25, 0.3) is 0 Å². The zero-order valence-corrected chi connectivity index (χ0v) is 16.6. The number of carbonyl (C=O) groups excluding carboxylic acids is 1. The van der Waals surface area contributed by atoms with Gasteiger partial charge in [-0.3, -0.25) is 15.2 Å². The molecule has 1 unspecified atom stereocenters. The summed E-state index contributed by atoms with van der Waals surface area (Å²) < 4.78 is 5.95. The molecule has 1 amide bonds. The molecule has 29 heavy (non-hydrogen) atoms. The van der Waals surface area contributed by atoms with E-state index in [2.05, 4.69) is 22.6 Å². The van der Waals surface area contributed by atoms with Crippen LogP contribution in [-0.2, 0) is 16.1 Å². The number of hydrazine groups is 1. The molecule has 0 spiro atoms. The molecule has 1 fully saturated rings. The average Bonchev–Trinajstić information content (AvgIpc) is 3.22. The molecule has 6 nitrogen and oxygen atoms in total. The molecule has 1 aliphatic carbocycles. The number of hydrogen-bond donors (Lipinski definition) is 2. The van der Waals surface area contributed by atoms with Gasteiger partial charge >= 0.3 is 0 Å². The lowest BCUT2D eigenvalue weighted by atomic mass is 9.90. The minimum Gasteiger partial charge on any atom is -0.376 e. The van der Waals surface area contributed by atoms with Gasteiger partial charge in [0.15, 0.2) is 6.17 Å². The number of nitrogens with two attached hydrogens (primary N) is 1. The summed E-state index contributed by atoms with van der Waals surface area (Å²) in [6, 6.07) is 18.0. The molecular formula is C23H28N4O2. The van der Waals surface area contributed by atoms with Crippen molar-refractivity contribution >= 4 is 17.4 Å². The van der Waals surface area contributed by atoms with Gasteiger partial charge in [-0.25, -0.2) is 4.99 Å². The summed E-state index contributed by atoms with van der Waals surface area (Å²) >= 11 is 0. The van der Waals surface area contributed by atoms with Crippen LogP contribution in [-0.4, -0.2) is 18.3 Å². The van der Waals surface area contributed by atoms with Gasteiger partial charge in [-0.1, -0.05) is 61.7 Å². The maximum Gasteiger partial charge on any atom is 0.285 e. The van der Waals surface area contributed by atoms with Gasteiger partial charge < -0.3 is 10.5 Å². The van der Waals surface area contributed by atoms with E-state index in [0.29, 0.717) is 12.5 Å². The van der Waals surface area contributed by atoms with Crippen molar-refractivity contribution in [3.8, 4) is 0 Å². The number of carbonyl (C=O) groups is 1. The van der Waals surface area contributed by atoms with E-state index >= 15 is 0 Å². The van der Waals surface area contributed by atoms with E-state index in [1.54, 1.807) is 0 Å². The van der Waals surface area contributed by atoms with E-state index in [1.165, 1.54) is 32.1 Å². The van der Waals surface area contributed by atoms with Crippen molar-refractivity contribution in [2.75, 3.05) is 11.6 Å². The van der Waals surface area contributed by atoms with Gasteiger partial charge in [0.25, 0.3) is 5.91 Å². The number of amides is 1. The Morgan fingerprint density at radius 2 is 1.79 bits per heavy atom. The number of primary amides is 1. The van der Waals surface area contributed by atoms with Crippen LogP contribution in [0.4, 0.5) is 5.69 Å². The fraction of sp³-hybridized carbons (Fsp3) is 0.391. The number of aliphatic imine (C=N–C) groups is 1. The molecule has 2 aromatic carbocycles. The molecule has 4 rings (SSSR count). The van der Waals surface area contributed by atoms with Crippen molar-refractivity contribution < 1.29 is 9.53 Å². The molecule has 3 N–H and O–H groups in total. The molecule has 1 heterocycles. The standard InChI is InChI=1S/C23H28N4O2/c24-21(28)22-25-23(19-9-5-2-6-10-19)27(26-22)20-13-11-18(12-14-20)16-29-15-17-7-3-1-4-8-17/h2,5-6,9-14,17,23H,1,3-4,7-8,15-16H2,(H2,24,28)(H,25,26). The summed E-state index contributed by atoms with van der Waals surface area (Å²) in [7, 11) is 0. The van der Waals surface area contributed by atoms with Gasteiger partial charge in [0.1, 0.15) is 0 Å². The van der Waals surface area contributed by atoms with Gasteiger partial charge in [0, 0.05) is 6.61 Å². The third-order valence-electron chi connectivity index (χ3n) is 5.61. The Kier molecular flexibility index (Phi) is 6.10. The first-order chi connectivity index (χ1) is 14.2. The quantitative estimate of drug-likeness (QED) is 0.753. The Bertz CT molecular complexity index is 845. The van der Waals surface area contributed by atoms with Crippen LogP contribution in [0.5, 0.6) is 0 Å². The summed E-state index contributed by atoms with van der Waals surface area (Å²) in [5.74, 6) is 0.313. The molecule has 0 saturated heterocycles. The number of anilines is 1. The van der Waals surface area contributed by atoms with Crippen LogP contribution in [0.3, 0.4) is 0 Å². The number of nitrogens with one attached hydrogen (secondary N) is 1. The molecule has 6 heteroatoms. The number of hydrogen-bond acceptors (Lipinski definition) is 5.